The number of anilines is 1. The van der Waals surface area contributed by atoms with Crippen LogP contribution in [0.4, 0.5) is 5.69 Å². The maximum Gasteiger partial charge on any atom is 0.259 e. The Labute approximate surface area is 88.8 Å². The topological polar surface area (TPSA) is 38.3 Å². The van der Waals surface area contributed by atoms with Crippen molar-refractivity contribution in [2.75, 3.05) is 5.32 Å². The predicted octanol–water partition coefficient (Wildman–Crippen LogP) is 2.40. The van der Waals surface area contributed by atoms with Gasteiger partial charge in [0, 0.05) is 11.3 Å². The molecule has 0 spiro atoms. The van der Waals surface area contributed by atoms with Gasteiger partial charge in [0.15, 0.2) is 0 Å². The van der Waals surface area contributed by atoms with Crippen molar-refractivity contribution in [3.05, 3.63) is 36.1 Å². The molecule has 0 radical (unpaired) electrons. The SMILES string of the molecule is CC(C)O/C=C1/C(=O)Nc2ccccc21. The van der Waals surface area contributed by atoms with Gasteiger partial charge in [-0.1, -0.05) is 18.2 Å². The Kier molecular flexibility index (Phi) is 2.46. The molecule has 1 aromatic carbocycles. The molecule has 0 bridgehead atoms. The average Bonchev–Trinajstić information content (AvgIpc) is 2.50. The van der Waals surface area contributed by atoms with Crippen molar-refractivity contribution >= 4 is 17.2 Å². The van der Waals surface area contributed by atoms with Gasteiger partial charge >= 0.3 is 0 Å². The van der Waals surface area contributed by atoms with Gasteiger partial charge in [-0.2, -0.15) is 0 Å². The summed E-state index contributed by atoms with van der Waals surface area (Å²) in [6.07, 6.45) is 1.62. The summed E-state index contributed by atoms with van der Waals surface area (Å²) in [5.41, 5.74) is 2.35. The zero-order valence-corrected chi connectivity index (χ0v) is 8.78. The first-order valence-electron chi connectivity index (χ1n) is 4.95. The van der Waals surface area contributed by atoms with Gasteiger partial charge in [-0.15, -0.1) is 0 Å². The minimum Gasteiger partial charge on any atom is -0.498 e. The molecule has 0 aliphatic carbocycles. The van der Waals surface area contributed by atoms with Crippen molar-refractivity contribution < 1.29 is 9.53 Å². The van der Waals surface area contributed by atoms with E-state index in [1.54, 1.807) is 0 Å². The van der Waals surface area contributed by atoms with E-state index >= 15 is 0 Å². The number of ether oxygens (including phenoxy) is 1. The Hall–Kier alpha value is -1.77. The normalized spacial score (nSPS) is 16.7. The molecule has 1 heterocycles. The van der Waals surface area contributed by atoms with Crippen molar-refractivity contribution in [3.8, 4) is 0 Å². The van der Waals surface area contributed by atoms with Crippen molar-refractivity contribution in [1.82, 2.24) is 0 Å². The Balaban J connectivity index is 2.33. The molecule has 78 valence electrons. The van der Waals surface area contributed by atoms with Crippen LogP contribution in [-0.2, 0) is 9.53 Å². The molecule has 0 aromatic heterocycles. The lowest BCUT2D eigenvalue weighted by molar-refractivity contribution is -0.110. The largest absolute Gasteiger partial charge is 0.498 e. The lowest BCUT2D eigenvalue weighted by atomic mass is 10.1. The first-order valence-corrected chi connectivity index (χ1v) is 4.95. The first-order chi connectivity index (χ1) is 7.18. The summed E-state index contributed by atoms with van der Waals surface area (Å²) < 4.78 is 5.33. The highest BCUT2D eigenvalue weighted by molar-refractivity contribution is 6.31. The van der Waals surface area contributed by atoms with Crippen LogP contribution in [0.15, 0.2) is 30.5 Å². The lowest BCUT2D eigenvalue weighted by Gasteiger charge is -2.04. The number of hydrogen-bond acceptors (Lipinski definition) is 2. The van der Waals surface area contributed by atoms with Crippen molar-refractivity contribution in [3.63, 3.8) is 0 Å². The minimum absolute atomic E-state index is 0.0815. The highest BCUT2D eigenvalue weighted by Crippen LogP contribution is 2.31. The second kappa shape index (κ2) is 3.77. The Morgan fingerprint density at radius 3 is 2.80 bits per heavy atom. The van der Waals surface area contributed by atoms with Crippen molar-refractivity contribution in [2.45, 2.75) is 20.0 Å². The number of para-hydroxylation sites is 1. The molecule has 1 aliphatic heterocycles. The third-order valence-corrected chi connectivity index (χ3v) is 2.17. The summed E-state index contributed by atoms with van der Waals surface area (Å²) in [6.45, 7) is 3.85. The molecule has 15 heavy (non-hydrogen) atoms. The van der Waals surface area contributed by atoms with E-state index in [9.17, 15) is 4.79 Å². The van der Waals surface area contributed by atoms with Crippen LogP contribution in [0.3, 0.4) is 0 Å². The summed E-state index contributed by atoms with van der Waals surface area (Å²) in [4.78, 5) is 11.6. The molecule has 2 rings (SSSR count). The molecule has 0 saturated heterocycles. The van der Waals surface area contributed by atoms with Gasteiger partial charge in [0.05, 0.1) is 17.9 Å². The van der Waals surface area contributed by atoms with Crippen LogP contribution >= 0.6 is 0 Å². The van der Waals surface area contributed by atoms with Crippen LogP contribution in [0.2, 0.25) is 0 Å². The van der Waals surface area contributed by atoms with E-state index in [4.69, 9.17) is 4.74 Å². The fraction of sp³-hybridized carbons (Fsp3) is 0.250. The third-order valence-electron chi connectivity index (χ3n) is 2.17. The number of carbonyl (C=O) groups excluding carboxylic acids is 1. The van der Waals surface area contributed by atoms with Gasteiger partial charge in [-0.25, -0.2) is 0 Å². The molecule has 1 amide bonds. The highest BCUT2D eigenvalue weighted by Gasteiger charge is 2.23. The van der Waals surface area contributed by atoms with E-state index in [0.29, 0.717) is 5.57 Å². The summed E-state index contributed by atoms with van der Waals surface area (Å²) in [7, 11) is 0. The standard InChI is InChI=1S/C12H13NO2/c1-8(2)15-7-10-9-5-3-4-6-11(9)13-12(10)14/h3-8H,1-2H3,(H,13,14)/b10-7+. The average molecular weight is 203 g/mol. The number of benzene rings is 1. The van der Waals surface area contributed by atoms with E-state index in [-0.39, 0.29) is 12.0 Å². The molecular formula is C12H13NO2. The van der Waals surface area contributed by atoms with E-state index in [1.165, 1.54) is 6.26 Å². The van der Waals surface area contributed by atoms with Gasteiger partial charge < -0.3 is 10.1 Å². The van der Waals surface area contributed by atoms with Crippen LogP contribution < -0.4 is 5.32 Å². The molecule has 3 heteroatoms. The molecule has 0 saturated carbocycles. The number of nitrogens with one attached hydrogen (secondary N) is 1. The Morgan fingerprint density at radius 2 is 2.07 bits per heavy atom. The van der Waals surface area contributed by atoms with Crippen molar-refractivity contribution in [2.24, 2.45) is 0 Å². The van der Waals surface area contributed by atoms with Crippen LogP contribution in [0.25, 0.3) is 5.57 Å². The molecule has 1 aromatic rings. The fourth-order valence-corrected chi connectivity index (χ4v) is 1.46. The summed E-state index contributed by atoms with van der Waals surface area (Å²) in [5, 5.41) is 2.78. The van der Waals surface area contributed by atoms with Gasteiger partial charge in [0.25, 0.3) is 5.91 Å². The quantitative estimate of drug-likeness (QED) is 0.592. The number of hydrogen-bond donors (Lipinski definition) is 1. The molecule has 0 atom stereocenters. The zero-order valence-electron chi connectivity index (χ0n) is 8.78. The monoisotopic (exact) mass is 203 g/mol. The molecule has 0 fully saturated rings. The molecule has 0 unspecified atom stereocenters. The maximum atomic E-state index is 11.6. The minimum atomic E-state index is -0.100. The van der Waals surface area contributed by atoms with Crippen LogP contribution in [0.1, 0.15) is 19.4 Å². The number of rotatable bonds is 2. The summed E-state index contributed by atoms with van der Waals surface area (Å²) >= 11 is 0. The second-order valence-electron chi connectivity index (χ2n) is 3.72. The Bertz CT molecular complexity index is 421. The second-order valence-corrected chi connectivity index (χ2v) is 3.72. The van der Waals surface area contributed by atoms with E-state index in [0.717, 1.165) is 11.3 Å². The van der Waals surface area contributed by atoms with E-state index in [1.807, 2.05) is 38.1 Å². The smallest absolute Gasteiger partial charge is 0.259 e. The Morgan fingerprint density at radius 1 is 1.33 bits per heavy atom. The van der Waals surface area contributed by atoms with Gasteiger partial charge in [0.1, 0.15) is 0 Å². The maximum absolute atomic E-state index is 11.6. The van der Waals surface area contributed by atoms with Crippen molar-refractivity contribution in [1.29, 1.82) is 0 Å². The molecule has 1 aliphatic rings. The van der Waals surface area contributed by atoms with Gasteiger partial charge in [-0.3, -0.25) is 4.79 Å². The van der Waals surface area contributed by atoms with Gasteiger partial charge in [-0.05, 0) is 19.9 Å². The summed E-state index contributed by atoms with van der Waals surface area (Å²) in [5.74, 6) is -0.100. The third kappa shape index (κ3) is 1.86. The number of amides is 1. The number of carbonyl (C=O) groups is 1. The van der Waals surface area contributed by atoms with Crippen LogP contribution in [0.5, 0.6) is 0 Å². The molecule has 3 nitrogen and oxygen atoms in total. The van der Waals surface area contributed by atoms with Crippen LogP contribution in [-0.4, -0.2) is 12.0 Å². The van der Waals surface area contributed by atoms with E-state index in [2.05, 4.69) is 5.32 Å². The predicted molar refractivity (Wildman–Crippen MR) is 59.3 cm³/mol. The fourth-order valence-electron chi connectivity index (χ4n) is 1.46. The number of fused-ring (bicyclic) bond motifs is 1. The highest BCUT2D eigenvalue weighted by atomic mass is 16.5. The molecular weight excluding hydrogens is 190 g/mol. The zero-order chi connectivity index (χ0) is 10.8. The van der Waals surface area contributed by atoms with Gasteiger partial charge in [0.2, 0.25) is 0 Å². The van der Waals surface area contributed by atoms with Crippen LogP contribution in [0, 0.1) is 0 Å². The summed E-state index contributed by atoms with van der Waals surface area (Å²) in [6, 6.07) is 7.58. The lowest BCUT2D eigenvalue weighted by Crippen LogP contribution is -2.05. The molecule has 1 N–H and O–H groups in total. The van der Waals surface area contributed by atoms with E-state index < -0.39 is 0 Å². The first kappa shape index (κ1) is 9.77.